The van der Waals surface area contributed by atoms with Crippen molar-refractivity contribution < 1.29 is 0 Å². The first-order valence-corrected chi connectivity index (χ1v) is 6.29. The number of nitrogens with zero attached hydrogens (tertiary/aromatic N) is 1. The molecular formula is C15H19N3. The molecule has 1 aromatic heterocycles. The number of nitrogens with one attached hydrogen (secondary N) is 2. The van der Waals surface area contributed by atoms with Crippen molar-refractivity contribution in [1.29, 1.82) is 5.26 Å². The molecule has 0 aliphatic heterocycles. The molecule has 2 N–H and O–H groups in total. The molecule has 1 aromatic carbocycles. The number of aromatic amines is 1. The molecule has 0 unspecified atom stereocenters. The molecule has 0 saturated carbocycles. The predicted molar refractivity (Wildman–Crippen MR) is 75.4 cm³/mol. The molecule has 18 heavy (non-hydrogen) atoms. The van der Waals surface area contributed by atoms with Crippen LogP contribution in [-0.4, -0.2) is 11.5 Å². The van der Waals surface area contributed by atoms with E-state index in [2.05, 4.69) is 54.5 Å². The molecule has 0 radical (unpaired) electrons. The van der Waals surface area contributed by atoms with Gasteiger partial charge in [-0.1, -0.05) is 13.8 Å². The van der Waals surface area contributed by atoms with Crippen LogP contribution in [0.1, 0.15) is 26.7 Å². The fraction of sp³-hybridized carbons (Fsp3) is 0.400. The van der Waals surface area contributed by atoms with Crippen LogP contribution in [0.15, 0.2) is 30.5 Å². The molecule has 0 amide bonds. The molecule has 0 aliphatic carbocycles. The summed E-state index contributed by atoms with van der Waals surface area (Å²) in [6.45, 7) is 5.25. The Labute approximate surface area is 108 Å². The summed E-state index contributed by atoms with van der Waals surface area (Å²) in [4.78, 5) is 3.18. The normalized spacial score (nSPS) is 11.4. The van der Waals surface area contributed by atoms with E-state index in [9.17, 15) is 0 Å². The Morgan fingerprint density at radius 2 is 2.17 bits per heavy atom. The van der Waals surface area contributed by atoms with Gasteiger partial charge in [0.2, 0.25) is 0 Å². The number of anilines is 1. The minimum absolute atomic E-state index is 0.142. The van der Waals surface area contributed by atoms with E-state index in [0.29, 0.717) is 6.42 Å². The average molecular weight is 241 g/mol. The van der Waals surface area contributed by atoms with Gasteiger partial charge in [0.15, 0.2) is 0 Å². The zero-order chi connectivity index (χ0) is 13.0. The molecule has 2 aromatic rings. The van der Waals surface area contributed by atoms with Crippen molar-refractivity contribution in [3.63, 3.8) is 0 Å². The number of aromatic nitrogens is 1. The van der Waals surface area contributed by atoms with E-state index in [1.54, 1.807) is 0 Å². The van der Waals surface area contributed by atoms with Gasteiger partial charge < -0.3 is 10.3 Å². The minimum atomic E-state index is 0.142. The molecule has 0 fully saturated rings. The van der Waals surface area contributed by atoms with Gasteiger partial charge in [0.25, 0.3) is 0 Å². The summed E-state index contributed by atoms with van der Waals surface area (Å²) < 4.78 is 0. The molecule has 1 heterocycles. The Morgan fingerprint density at radius 3 is 2.94 bits per heavy atom. The third kappa shape index (κ3) is 3.04. The number of H-pyrrole nitrogens is 1. The van der Waals surface area contributed by atoms with Crippen LogP contribution in [0.3, 0.4) is 0 Å². The van der Waals surface area contributed by atoms with Crippen molar-refractivity contribution in [2.45, 2.75) is 26.7 Å². The largest absolute Gasteiger partial charge is 0.384 e. The van der Waals surface area contributed by atoms with Crippen molar-refractivity contribution >= 4 is 16.6 Å². The highest BCUT2D eigenvalue weighted by Crippen LogP contribution is 2.24. The number of rotatable bonds is 5. The number of hydrogen-bond donors (Lipinski definition) is 2. The molecule has 0 aliphatic rings. The lowest BCUT2D eigenvalue weighted by atomic mass is 9.88. The Kier molecular flexibility index (Phi) is 3.57. The van der Waals surface area contributed by atoms with Gasteiger partial charge in [0.1, 0.15) is 0 Å². The summed E-state index contributed by atoms with van der Waals surface area (Å²) in [6, 6.07) is 10.6. The second-order valence-electron chi connectivity index (χ2n) is 5.46. The Morgan fingerprint density at radius 1 is 1.33 bits per heavy atom. The Balaban J connectivity index is 1.99. The number of benzene rings is 1. The first kappa shape index (κ1) is 12.5. The van der Waals surface area contributed by atoms with Crippen molar-refractivity contribution in [3.8, 4) is 6.07 Å². The standard InChI is InChI=1S/C15H19N3/c1-15(2,7-3-8-16)11-18-13-4-5-14-12(10-13)6-9-17-14/h4-6,9-10,17-18H,3,7,11H2,1-2H3. The third-order valence-electron chi connectivity index (χ3n) is 3.24. The van der Waals surface area contributed by atoms with Crippen molar-refractivity contribution in [1.82, 2.24) is 4.98 Å². The smallest absolute Gasteiger partial charge is 0.0621 e. The first-order valence-electron chi connectivity index (χ1n) is 6.29. The van der Waals surface area contributed by atoms with Crippen LogP contribution in [0, 0.1) is 16.7 Å². The van der Waals surface area contributed by atoms with Gasteiger partial charge in [-0.05, 0) is 36.1 Å². The van der Waals surface area contributed by atoms with Gasteiger partial charge in [-0.25, -0.2) is 0 Å². The zero-order valence-electron chi connectivity index (χ0n) is 11.0. The lowest BCUT2D eigenvalue weighted by Gasteiger charge is -2.24. The van der Waals surface area contributed by atoms with Gasteiger partial charge in [-0.2, -0.15) is 5.26 Å². The summed E-state index contributed by atoms with van der Waals surface area (Å²) in [5.74, 6) is 0. The van der Waals surface area contributed by atoms with Crippen molar-refractivity contribution in [2.24, 2.45) is 5.41 Å². The average Bonchev–Trinajstić information content (AvgIpc) is 2.81. The summed E-state index contributed by atoms with van der Waals surface area (Å²) in [5, 5.41) is 13.3. The summed E-state index contributed by atoms with van der Waals surface area (Å²) in [7, 11) is 0. The molecular weight excluding hydrogens is 222 g/mol. The molecule has 0 atom stereocenters. The van der Waals surface area contributed by atoms with Gasteiger partial charge in [0, 0.05) is 35.8 Å². The molecule has 0 bridgehead atoms. The lowest BCUT2D eigenvalue weighted by Crippen LogP contribution is -2.22. The van der Waals surface area contributed by atoms with E-state index in [4.69, 9.17) is 5.26 Å². The van der Waals surface area contributed by atoms with Crippen LogP contribution < -0.4 is 5.32 Å². The highest BCUT2D eigenvalue weighted by Gasteiger charge is 2.16. The monoisotopic (exact) mass is 241 g/mol. The fourth-order valence-corrected chi connectivity index (χ4v) is 1.99. The SMILES string of the molecule is CC(C)(CCC#N)CNc1ccc2[nH]ccc2c1. The molecule has 2 rings (SSSR count). The zero-order valence-corrected chi connectivity index (χ0v) is 11.0. The van der Waals surface area contributed by atoms with Gasteiger partial charge in [0.05, 0.1) is 6.07 Å². The maximum Gasteiger partial charge on any atom is 0.0621 e. The van der Waals surface area contributed by atoms with E-state index in [0.717, 1.165) is 24.2 Å². The van der Waals surface area contributed by atoms with E-state index in [1.807, 2.05) is 6.20 Å². The van der Waals surface area contributed by atoms with E-state index < -0.39 is 0 Å². The number of hydrogen-bond acceptors (Lipinski definition) is 2. The van der Waals surface area contributed by atoms with Crippen LogP contribution in [0.25, 0.3) is 10.9 Å². The van der Waals surface area contributed by atoms with Crippen LogP contribution in [0.5, 0.6) is 0 Å². The lowest BCUT2D eigenvalue weighted by molar-refractivity contribution is 0.364. The summed E-state index contributed by atoms with van der Waals surface area (Å²) >= 11 is 0. The van der Waals surface area contributed by atoms with Crippen LogP contribution >= 0.6 is 0 Å². The maximum atomic E-state index is 8.64. The summed E-state index contributed by atoms with van der Waals surface area (Å²) in [6.07, 6.45) is 3.49. The Bertz CT molecular complexity index is 560. The summed E-state index contributed by atoms with van der Waals surface area (Å²) in [5.41, 5.74) is 2.43. The topological polar surface area (TPSA) is 51.6 Å². The van der Waals surface area contributed by atoms with Gasteiger partial charge in [-0.15, -0.1) is 0 Å². The fourth-order valence-electron chi connectivity index (χ4n) is 1.99. The molecule has 3 nitrogen and oxygen atoms in total. The van der Waals surface area contributed by atoms with Crippen LogP contribution in [0.2, 0.25) is 0 Å². The number of fused-ring (bicyclic) bond motifs is 1. The van der Waals surface area contributed by atoms with E-state index in [-0.39, 0.29) is 5.41 Å². The Hall–Kier alpha value is -1.95. The van der Waals surface area contributed by atoms with Crippen molar-refractivity contribution in [2.75, 3.05) is 11.9 Å². The van der Waals surface area contributed by atoms with Crippen LogP contribution in [-0.2, 0) is 0 Å². The number of nitriles is 1. The second kappa shape index (κ2) is 5.14. The van der Waals surface area contributed by atoms with E-state index in [1.165, 1.54) is 5.39 Å². The quantitative estimate of drug-likeness (QED) is 0.833. The minimum Gasteiger partial charge on any atom is -0.384 e. The third-order valence-corrected chi connectivity index (χ3v) is 3.24. The van der Waals surface area contributed by atoms with Crippen molar-refractivity contribution in [3.05, 3.63) is 30.5 Å². The molecule has 3 heteroatoms. The molecule has 0 spiro atoms. The van der Waals surface area contributed by atoms with E-state index >= 15 is 0 Å². The maximum absolute atomic E-state index is 8.64. The molecule has 94 valence electrons. The highest BCUT2D eigenvalue weighted by atomic mass is 14.9. The van der Waals surface area contributed by atoms with Gasteiger partial charge in [-0.3, -0.25) is 0 Å². The van der Waals surface area contributed by atoms with Crippen LogP contribution in [0.4, 0.5) is 5.69 Å². The first-order chi connectivity index (χ1) is 8.61. The molecule has 0 saturated heterocycles. The predicted octanol–water partition coefficient (Wildman–Crippen LogP) is 3.91. The van der Waals surface area contributed by atoms with Gasteiger partial charge >= 0.3 is 0 Å². The highest BCUT2D eigenvalue weighted by molar-refractivity contribution is 5.82. The second-order valence-corrected chi connectivity index (χ2v) is 5.46.